The number of hydrogen-bond donors (Lipinski definition) is 2. The zero-order chi connectivity index (χ0) is 12.6. The quantitative estimate of drug-likeness (QED) is 0.888. The van der Waals surface area contributed by atoms with Gasteiger partial charge in [-0.05, 0) is 18.2 Å². The van der Waals surface area contributed by atoms with Crippen molar-refractivity contribution in [3.8, 4) is 5.75 Å². The number of nitrogen functional groups attached to an aromatic ring is 1. The third-order valence-electron chi connectivity index (χ3n) is 2.37. The summed E-state index contributed by atoms with van der Waals surface area (Å²) in [5, 5.41) is 9.62. The van der Waals surface area contributed by atoms with E-state index in [9.17, 15) is 4.79 Å². The van der Waals surface area contributed by atoms with Crippen LogP contribution in [-0.4, -0.2) is 23.2 Å². The van der Waals surface area contributed by atoms with Crippen LogP contribution in [0.2, 0.25) is 0 Å². The summed E-state index contributed by atoms with van der Waals surface area (Å²) in [4.78, 5) is 15.0. The number of rotatable bonds is 2. The molecule has 5 nitrogen and oxygen atoms in total. The smallest absolute Gasteiger partial charge is 0.339 e. The number of anilines is 1. The number of nitrogens with zero attached hydrogens (tertiary/aromatic N) is 1. The fourth-order valence-electron chi connectivity index (χ4n) is 1.55. The molecular weight excluding hydrogens is 288 g/mol. The van der Waals surface area contributed by atoms with Crippen LogP contribution in [0.15, 0.2) is 22.7 Å². The predicted molar refractivity (Wildman–Crippen MR) is 67.4 cm³/mol. The molecule has 1 aromatic carbocycles. The van der Waals surface area contributed by atoms with Crippen LogP contribution in [-0.2, 0) is 0 Å². The van der Waals surface area contributed by atoms with Crippen molar-refractivity contribution < 1.29 is 14.6 Å². The average Bonchev–Trinajstić information content (AvgIpc) is 2.28. The van der Waals surface area contributed by atoms with Crippen LogP contribution in [0.4, 0.5) is 5.82 Å². The highest BCUT2D eigenvalue weighted by Gasteiger charge is 2.14. The molecule has 88 valence electrons. The SMILES string of the molecule is COc1ccc(Br)c2cc(C(=O)O)c(N)nc12. The lowest BCUT2D eigenvalue weighted by Crippen LogP contribution is -2.05. The van der Waals surface area contributed by atoms with E-state index in [1.165, 1.54) is 13.2 Å². The van der Waals surface area contributed by atoms with Gasteiger partial charge in [0.15, 0.2) is 0 Å². The number of aromatic nitrogens is 1. The largest absolute Gasteiger partial charge is 0.494 e. The third-order valence-corrected chi connectivity index (χ3v) is 3.07. The Kier molecular flexibility index (Phi) is 2.89. The molecule has 0 aliphatic heterocycles. The Morgan fingerprint density at radius 2 is 2.24 bits per heavy atom. The zero-order valence-electron chi connectivity index (χ0n) is 8.90. The molecule has 0 aliphatic carbocycles. The van der Waals surface area contributed by atoms with Gasteiger partial charge in [0, 0.05) is 9.86 Å². The Morgan fingerprint density at radius 3 is 2.82 bits per heavy atom. The van der Waals surface area contributed by atoms with Gasteiger partial charge in [0.25, 0.3) is 0 Å². The van der Waals surface area contributed by atoms with Gasteiger partial charge in [0.1, 0.15) is 22.6 Å². The molecule has 0 spiro atoms. The topological polar surface area (TPSA) is 85.4 Å². The summed E-state index contributed by atoms with van der Waals surface area (Å²) in [6.45, 7) is 0. The Labute approximate surface area is 105 Å². The molecule has 2 aromatic rings. The minimum atomic E-state index is -1.10. The van der Waals surface area contributed by atoms with E-state index in [1.807, 2.05) is 0 Å². The van der Waals surface area contributed by atoms with Gasteiger partial charge in [-0.2, -0.15) is 0 Å². The lowest BCUT2D eigenvalue weighted by Gasteiger charge is -2.08. The van der Waals surface area contributed by atoms with Gasteiger partial charge >= 0.3 is 5.97 Å². The molecule has 0 amide bonds. The van der Waals surface area contributed by atoms with Crippen LogP contribution in [0, 0.1) is 0 Å². The second kappa shape index (κ2) is 4.21. The van der Waals surface area contributed by atoms with E-state index in [-0.39, 0.29) is 11.4 Å². The Balaban J connectivity index is 2.86. The number of carbonyl (C=O) groups is 1. The van der Waals surface area contributed by atoms with Gasteiger partial charge < -0.3 is 15.6 Å². The second-order valence-electron chi connectivity index (χ2n) is 3.37. The minimum absolute atomic E-state index is 0.0218. The summed E-state index contributed by atoms with van der Waals surface area (Å²) >= 11 is 3.34. The molecule has 6 heteroatoms. The highest BCUT2D eigenvalue weighted by molar-refractivity contribution is 9.10. The first-order valence-electron chi connectivity index (χ1n) is 4.70. The van der Waals surface area contributed by atoms with Gasteiger partial charge in [-0.25, -0.2) is 9.78 Å². The molecule has 0 bridgehead atoms. The van der Waals surface area contributed by atoms with Gasteiger partial charge in [-0.15, -0.1) is 0 Å². The van der Waals surface area contributed by atoms with Crippen LogP contribution < -0.4 is 10.5 Å². The molecule has 2 rings (SSSR count). The number of ether oxygens (including phenoxy) is 1. The molecule has 0 fully saturated rings. The number of hydrogen-bond acceptors (Lipinski definition) is 4. The van der Waals surface area contributed by atoms with Crippen LogP contribution in [0.1, 0.15) is 10.4 Å². The maximum atomic E-state index is 11.0. The van der Waals surface area contributed by atoms with E-state index in [4.69, 9.17) is 15.6 Å². The molecule has 0 unspecified atom stereocenters. The monoisotopic (exact) mass is 296 g/mol. The van der Waals surface area contributed by atoms with E-state index in [1.54, 1.807) is 12.1 Å². The minimum Gasteiger partial charge on any atom is -0.494 e. The summed E-state index contributed by atoms with van der Waals surface area (Å²) in [5.41, 5.74) is 6.11. The molecule has 0 radical (unpaired) electrons. The van der Waals surface area contributed by atoms with Crippen LogP contribution >= 0.6 is 15.9 Å². The standard InChI is InChI=1S/C11H9BrN2O3/c1-17-8-3-2-7(12)5-4-6(11(15)16)10(13)14-9(5)8/h2-4H,1H3,(H2,13,14)(H,15,16). The summed E-state index contributed by atoms with van der Waals surface area (Å²) in [6, 6.07) is 4.98. The first-order valence-corrected chi connectivity index (χ1v) is 5.50. The van der Waals surface area contributed by atoms with Crippen molar-refractivity contribution in [3.63, 3.8) is 0 Å². The van der Waals surface area contributed by atoms with Crippen molar-refractivity contribution in [1.82, 2.24) is 4.98 Å². The maximum Gasteiger partial charge on any atom is 0.339 e. The Bertz CT molecular complexity index is 613. The number of pyridine rings is 1. The molecular formula is C11H9BrN2O3. The van der Waals surface area contributed by atoms with Gasteiger partial charge in [-0.1, -0.05) is 15.9 Å². The molecule has 0 saturated carbocycles. The molecule has 3 N–H and O–H groups in total. The number of carboxylic acids is 1. The van der Waals surface area contributed by atoms with Gasteiger partial charge in [0.2, 0.25) is 0 Å². The second-order valence-corrected chi connectivity index (χ2v) is 4.23. The van der Waals surface area contributed by atoms with Crippen molar-refractivity contribution in [3.05, 3.63) is 28.2 Å². The molecule has 0 saturated heterocycles. The van der Waals surface area contributed by atoms with Crippen molar-refractivity contribution in [1.29, 1.82) is 0 Å². The molecule has 17 heavy (non-hydrogen) atoms. The predicted octanol–water partition coefficient (Wildman–Crippen LogP) is 2.29. The number of nitrogens with two attached hydrogens (primary N) is 1. The molecule has 1 aromatic heterocycles. The normalized spacial score (nSPS) is 10.5. The number of methoxy groups -OCH3 is 1. The number of aromatic carboxylic acids is 1. The Hall–Kier alpha value is -1.82. The summed E-state index contributed by atoms with van der Waals surface area (Å²) < 4.78 is 5.89. The summed E-state index contributed by atoms with van der Waals surface area (Å²) in [5.74, 6) is -0.583. The fourth-order valence-corrected chi connectivity index (χ4v) is 1.99. The average molecular weight is 297 g/mol. The number of fused-ring (bicyclic) bond motifs is 1. The first kappa shape index (κ1) is 11.7. The van der Waals surface area contributed by atoms with Crippen molar-refractivity contribution in [2.24, 2.45) is 0 Å². The van der Waals surface area contributed by atoms with E-state index in [0.29, 0.717) is 16.7 Å². The van der Waals surface area contributed by atoms with E-state index in [0.717, 1.165) is 4.47 Å². The lowest BCUT2D eigenvalue weighted by atomic mass is 10.1. The highest BCUT2D eigenvalue weighted by atomic mass is 79.9. The number of benzene rings is 1. The number of carboxylic acid groups (broad SMARTS) is 1. The fraction of sp³-hybridized carbons (Fsp3) is 0.0909. The first-order chi connectivity index (χ1) is 8.04. The van der Waals surface area contributed by atoms with E-state index < -0.39 is 5.97 Å². The van der Waals surface area contributed by atoms with Crippen LogP contribution in [0.5, 0.6) is 5.75 Å². The number of halogens is 1. The summed E-state index contributed by atoms with van der Waals surface area (Å²) in [6.07, 6.45) is 0. The van der Waals surface area contributed by atoms with Crippen molar-refractivity contribution in [2.45, 2.75) is 0 Å². The van der Waals surface area contributed by atoms with Gasteiger partial charge in [0.05, 0.1) is 7.11 Å². The Morgan fingerprint density at radius 1 is 1.53 bits per heavy atom. The maximum absolute atomic E-state index is 11.0. The zero-order valence-corrected chi connectivity index (χ0v) is 10.5. The van der Waals surface area contributed by atoms with Crippen molar-refractivity contribution >= 4 is 38.6 Å². The van der Waals surface area contributed by atoms with E-state index in [2.05, 4.69) is 20.9 Å². The van der Waals surface area contributed by atoms with Crippen molar-refractivity contribution in [2.75, 3.05) is 12.8 Å². The molecule has 0 aliphatic rings. The highest BCUT2D eigenvalue weighted by Crippen LogP contribution is 2.32. The van der Waals surface area contributed by atoms with Crippen LogP contribution in [0.25, 0.3) is 10.9 Å². The lowest BCUT2D eigenvalue weighted by molar-refractivity contribution is 0.0698. The summed E-state index contributed by atoms with van der Waals surface area (Å²) in [7, 11) is 1.52. The molecule has 1 heterocycles. The van der Waals surface area contributed by atoms with Gasteiger partial charge in [-0.3, -0.25) is 0 Å². The van der Waals surface area contributed by atoms with E-state index >= 15 is 0 Å². The van der Waals surface area contributed by atoms with Crippen LogP contribution in [0.3, 0.4) is 0 Å². The molecule has 0 atom stereocenters. The third kappa shape index (κ3) is 1.91.